The molecule has 3 aliphatic heterocycles. The number of aliphatic hydroxyl groups is 1. The summed E-state index contributed by atoms with van der Waals surface area (Å²) >= 11 is 0. The van der Waals surface area contributed by atoms with E-state index in [2.05, 4.69) is 21.6 Å². The minimum absolute atomic E-state index is 0.208. The summed E-state index contributed by atoms with van der Waals surface area (Å²) < 4.78 is 11.0. The molecule has 0 aliphatic carbocycles. The van der Waals surface area contributed by atoms with Gasteiger partial charge in [0.2, 0.25) is 0 Å². The van der Waals surface area contributed by atoms with Gasteiger partial charge in [0.15, 0.2) is 12.2 Å². The Morgan fingerprint density at radius 1 is 1.19 bits per heavy atom. The lowest BCUT2D eigenvalue weighted by Gasteiger charge is -2.34. The molecule has 190 valence electrons. The monoisotopic (exact) mass is 493 g/mol. The van der Waals surface area contributed by atoms with Crippen LogP contribution in [0.3, 0.4) is 0 Å². The highest BCUT2D eigenvalue weighted by Crippen LogP contribution is 2.25. The standard InChI is InChI=1S/C26H31N5O5/c1-16-10-17(15-30-4-7-35-8-5-30)12-20(11-16)31-6-9-36-23(26(31)34)22(32)25(33)29-19-2-3-21-18(13-19)14-28-24(21)27/h2-3,10-13,22-23,32H,4-9,14-15H2,1H3,(H2,27,28)(H,29,33)/t22-,23-/m1/s1. The Kier molecular flexibility index (Phi) is 7.01. The number of benzene rings is 2. The van der Waals surface area contributed by atoms with Crippen LogP contribution in [0.15, 0.2) is 36.4 Å². The molecule has 0 aromatic heterocycles. The first kappa shape index (κ1) is 24.4. The Labute approximate surface area is 209 Å². The van der Waals surface area contributed by atoms with E-state index in [1.807, 2.05) is 19.1 Å². The third-order valence-electron chi connectivity index (χ3n) is 6.72. The molecule has 0 radical (unpaired) electrons. The summed E-state index contributed by atoms with van der Waals surface area (Å²) in [5.41, 5.74) is 5.01. The molecule has 2 saturated heterocycles. The van der Waals surface area contributed by atoms with Crippen molar-refractivity contribution in [3.05, 3.63) is 58.7 Å². The SMILES string of the molecule is Cc1cc(CN2CCOCC2)cc(N2CCO[C@H]([C@@H](O)C(=O)Nc3ccc4c(c3)CNC4=N)C2=O)c1. The number of nitrogens with one attached hydrogen (secondary N) is 3. The fraction of sp³-hybridized carbons (Fsp3) is 0.423. The van der Waals surface area contributed by atoms with Crippen molar-refractivity contribution in [1.82, 2.24) is 10.2 Å². The van der Waals surface area contributed by atoms with Gasteiger partial charge in [-0.3, -0.25) is 19.9 Å². The van der Waals surface area contributed by atoms with E-state index in [4.69, 9.17) is 14.9 Å². The first-order valence-corrected chi connectivity index (χ1v) is 12.2. The first-order valence-electron chi connectivity index (χ1n) is 12.2. The second-order valence-corrected chi connectivity index (χ2v) is 9.38. The van der Waals surface area contributed by atoms with Crippen molar-refractivity contribution in [3.63, 3.8) is 0 Å². The van der Waals surface area contributed by atoms with Gasteiger partial charge in [-0.25, -0.2) is 0 Å². The van der Waals surface area contributed by atoms with Crippen LogP contribution in [0.5, 0.6) is 0 Å². The minimum atomic E-state index is -1.66. The molecule has 4 N–H and O–H groups in total. The maximum atomic E-state index is 13.3. The van der Waals surface area contributed by atoms with Crippen molar-refractivity contribution in [2.45, 2.75) is 32.2 Å². The van der Waals surface area contributed by atoms with E-state index in [0.717, 1.165) is 47.6 Å². The molecule has 0 unspecified atom stereocenters. The van der Waals surface area contributed by atoms with Gasteiger partial charge in [-0.2, -0.15) is 0 Å². The number of amides is 2. The van der Waals surface area contributed by atoms with Gasteiger partial charge in [0, 0.05) is 49.7 Å². The Balaban J connectivity index is 1.27. The zero-order chi connectivity index (χ0) is 25.2. The van der Waals surface area contributed by atoms with Crippen molar-refractivity contribution in [2.24, 2.45) is 0 Å². The second kappa shape index (κ2) is 10.4. The van der Waals surface area contributed by atoms with Gasteiger partial charge < -0.3 is 30.1 Å². The number of hydrogen-bond acceptors (Lipinski definition) is 7. The quantitative estimate of drug-likeness (QED) is 0.473. The molecule has 0 spiro atoms. The highest BCUT2D eigenvalue weighted by Gasteiger charge is 2.39. The number of anilines is 2. The number of nitrogens with zero attached hydrogens (tertiary/aromatic N) is 2. The van der Waals surface area contributed by atoms with Gasteiger partial charge in [-0.05, 0) is 53.9 Å². The van der Waals surface area contributed by atoms with Gasteiger partial charge in [-0.15, -0.1) is 0 Å². The number of ether oxygens (including phenoxy) is 2. The second-order valence-electron chi connectivity index (χ2n) is 9.38. The van der Waals surface area contributed by atoms with E-state index in [0.29, 0.717) is 37.8 Å². The maximum Gasteiger partial charge on any atom is 0.259 e. The lowest BCUT2D eigenvalue weighted by molar-refractivity contribution is -0.150. The van der Waals surface area contributed by atoms with Gasteiger partial charge in [-0.1, -0.05) is 6.07 Å². The van der Waals surface area contributed by atoms with E-state index >= 15 is 0 Å². The highest BCUT2D eigenvalue weighted by molar-refractivity contribution is 6.04. The number of rotatable bonds is 6. The molecule has 3 heterocycles. The zero-order valence-electron chi connectivity index (χ0n) is 20.3. The third kappa shape index (κ3) is 5.12. The van der Waals surface area contributed by atoms with E-state index in [-0.39, 0.29) is 6.61 Å². The minimum Gasteiger partial charge on any atom is -0.380 e. The molecule has 2 aromatic carbocycles. The molecule has 10 heteroatoms. The van der Waals surface area contributed by atoms with Crippen molar-refractivity contribution < 1.29 is 24.2 Å². The Bertz CT molecular complexity index is 1180. The van der Waals surface area contributed by atoms with E-state index in [9.17, 15) is 14.7 Å². The third-order valence-corrected chi connectivity index (χ3v) is 6.72. The molecule has 2 amide bonds. The average Bonchev–Trinajstić information content (AvgIpc) is 3.24. The highest BCUT2D eigenvalue weighted by atomic mass is 16.5. The topological polar surface area (TPSA) is 127 Å². The number of amidine groups is 1. The maximum absolute atomic E-state index is 13.3. The number of hydrogen-bond donors (Lipinski definition) is 4. The number of aliphatic hydroxyl groups excluding tert-OH is 1. The van der Waals surface area contributed by atoms with Crippen LogP contribution in [0.25, 0.3) is 0 Å². The summed E-state index contributed by atoms with van der Waals surface area (Å²) in [6.07, 6.45) is -2.96. The summed E-state index contributed by atoms with van der Waals surface area (Å²) in [5.74, 6) is -0.819. The van der Waals surface area contributed by atoms with E-state index in [1.165, 1.54) is 0 Å². The van der Waals surface area contributed by atoms with Gasteiger partial charge in [0.05, 0.1) is 19.8 Å². The Hall–Kier alpha value is -3.31. The number of aryl methyl sites for hydroxylation is 1. The van der Waals surface area contributed by atoms with Crippen LogP contribution in [0.2, 0.25) is 0 Å². The normalized spacial score (nSPS) is 21.2. The van der Waals surface area contributed by atoms with Gasteiger partial charge in [0.25, 0.3) is 11.8 Å². The molecular weight excluding hydrogens is 462 g/mol. The van der Waals surface area contributed by atoms with E-state index in [1.54, 1.807) is 23.1 Å². The van der Waals surface area contributed by atoms with Crippen LogP contribution < -0.4 is 15.5 Å². The predicted octanol–water partition coefficient (Wildman–Crippen LogP) is 0.987. The smallest absolute Gasteiger partial charge is 0.259 e. The summed E-state index contributed by atoms with van der Waals surface area (Å²) in [6.45, 7) is 6.98. The molecule has 5 rings (SSSR count). The fourth-order valence-corrected chi connectivity index (χ4v) is 4.89. The molecule has 36 heavy (non-hydrogen) atoms. The van der Waals surface area contributed by atoms with Crippen LogP contribution in [-0.2, 0) is 32.2 Å². The fourth-order valence-electron chi connectivity index (χ4n) is 4.89. The molecular formula is C26H31N5O5. The number of carbonyl (C=O) groups is 2. The van der Waals surface area contributed by atoms with Crippen LogP contribution in [0, 0.1) is 12.3 Å². The van der Waals surface area contributed by atoms with Gasteiger partial charge in [0.1, 0.15) is 5.84 Å². The summed E-state index contributed by atoms with van der Waals surface area (Å²) in [7, 11) is 0. The Morgan fingerprint density at radius 2 is 2.00 bits per heavy atom. The average molecular weight is 494 g/mol. The lowest BCUT2D eigenvalue weighted by Crippen LogP contribution is -2.55. The summed E-state index contributed by atoms with van der Waals surface area (Å²) in [4.78, 5) is 30.0. The molecule has 2 aromatic rings. The molecule has 10 nitrogen and oxygen atoms in total. The largest absolute Gasteiger partial charge is 0.380 e. The van der Waals surface area contributed by atoms with Crippen LogP contribution in [-0.4, -0.2) is 79.3 Å². The molecule has 0 bridgehead atoms. The number of fused-ring (bicyclic) bond motifs is 1. The molecule has 2 atom stereocenters. The predicted molar refractivity (Wildman–Crippen MR) is 134 cm³/mol. The van der Waals surface area contributed by atoms with Crippen molar-refractivity contribution >= 4 is 29.0 Å². The Morgan fingerprint density at radius 3 is 2.81 bits per heavy atom. The first-order chi connectivity index (χ1) is 17.4. The molecule has 2 fully saturated rings. The zero-order valence-corrected chi connectivity index (χ0v) is 20.3. The molecule has 3 aliphatic rings. The summed E-state index contributed by atoms with van der Waals surface area (Å²) in [6, 6.07) is 11.2. The van der Waals surface area contributed by atoms with Crippen molar-refractivity contribution in [3.8, 4) is 0 Å². The van der Waals surface area contributed by atoms with Crippen LogP contribution in [0.1, 0.15) is 22.3 Å². The molecule has 0 saturated carbocycles. The summed E-state index contributed by atoms with van der Waals surface area (Å²) in [5, 5.41) is 24.2. The van der Waals surface area contributed by atoms with Crippen LogP contribution in [0.4, 0.5) is 11.4 Å². The number of carbonyl (C=O) groups excluding carboxylic acids is 2. The van der Waals surface area contributed by atoms with Crippen molar-refractivity contribution in [1.29, 1.82) is 5.41 Å². The van der Waals surface area contributed by atoms with Crippen LogP contribution >= 0.6 is 0 Å². The number of morpholine rings is 2. The van der Waals surface area contributed by atoms with Gasteiger partial charge >= 0.3 is 0 Å². The lowest BCUT2D eigenvalue weighted by atomic mass is 10.1. The van der Waals surface area contributed by atoms with E-state index < -0.39 is 24.0 Å². The van der Waals surface area contributed by atoms with Crippen molar-refractivity contribution in [2.75, 3.05) is 49.7 Å².